The standard InChI is InChI=1S/C14H25ClN2S/c1-4-6-12(10-16-9-5-2)17(3)11-13-7-8-14(15)18-13/h7-8,12,16H,4-6,9-11H2,1-3H3. The predicted octanol–water partition coefficient (Wildman–Crippen LogP) is 4.00. The molecule has 0 spiro atoms. The second-order valence-corrected chi connectivity index (χ2v) is 6.57. The van der Waals surface area contributed by atoms with E-state index in [9.17, 15) is 0 Å². The summed E-state index contributed by atoms with van der Waals surface area (Å²) in [5, 5.41) is 3.53. The van der Waals surface area contributed by atoms with Crippen molar-refractivity contribution >= 4 is 22.9 Å². The first kappa shape index (κ1) is 16.0. The van der Waals surface area contributed by atoms with E-state index in [1.807, 2.05) is 6.07 Å². The molecule has 0 fully saturated rings. The van der Waals surface area contributed by atoms with E-state index >= 15 is 0 Å². The largest absolute Gasteiger partial charge is 0.315 e. The van der Waals surface area contributed by atoms with Crippen LogP contribution >= 0.6 is 22.9 Å². The van der Waals surface area contributed by atoms with Crippen molar-refractivity contribution in [2.75, 3.05) is 20.1 Å². The van der Waals surface area contributed by atoms with Crippen molar-refractivity contribution in [2.45, 2.75) is 45.7 Å². The molecule has 18 heavy (non-hydrogen) atoms. The minimum Gasteiger partial charge on any atom is -0.315 e. The van der Waals surface area contributed by atoms with Crippen LogP contribution in [0.4, 0.5) is 0 Å². The Kier molecular flexibility index (Phi) is 7.91. The van der Waals surface area contributed by atoms with E-state index < -0.39 is 0 Å². The van der Waals surface area contributed by atoms with Gasteiger partial charge < -0.3 is 5.32 Å². The van der Waals surface area contributed by atoms with Crippen LogP contribution in [0, 0.1) is 0 Å². The van der Waals surface area contributed by atoms with Crippen molar-refractivity contribution in [1.82, 2.24) is 10.2 Å². The van der Waals surface area contributed by atoms with Gasteiger partial charge in [0, 0.05) is 24.0 Å². The second-order valence-electron chi connectivity index (χ2n) is 4.77. The molecule has 0 aliphatic carbocycles. The Balaban J connectivity index is 2.44. The highest BCUT2D eigenvalue weighted by Gasteiger charge is 2.14. The molecule has 1 heterocycles. The van der Waals surface area contributed by atoms with Gasteiger partial charge in [-0.05, 0) is 38.6 Å². The molecular formula is C14H25ClN2S. The molecule has 1 aromatic heterocycles. The maximum Gasteiger partial charge on any atom is 0.0931 e. The average molecular weight is 289 g/mol. The van der Waals surface area contributed by atoms with Gasteiger partial charge in [0.25, 0.3) is 0 Å². The fourth-order valence-electron chi connectivity index (χ4n) is 2.07. The van der Waals surface area contributed by atoms with E-state index in [4.69, 9.17) is 11.6 Å². The number of nitrogens with zero attached hydrogens (tertiary/aromatic N) is 1. The summed E-state index contributed by atoms with van der Waals surface area (Å²) in [6.07, 6.45) is 3.67. The third kappa shape index (κ3) is 5.70. The summed E-state index contributed by atoms with van der Waals surface area (Å²) >= 11 is 7.66. The van der Waals surface area contributed by atoms with Crippen molar-refractivity contribution in [1.29, 1.82) is 0 Å². The Morgan fingerprint density at radius 1 is 1.33 bits per heavy atom. The third-order valence-corrected chi connectivity index (χ3v) is 4.30. The molecule has 0 bridgehead atoms. The van der Waals surface area contributed by atoms with Gasteiger partial charge in [-0.25, -0.2) is 0 Å². The van der Waals surface area contributed by atoms with Gasteiger partial charge in [0.05, 0.1) is 4.34 Å². The summed E-state index contributed by atoms with van der Waals surface area (Å²) in [6, 6.07) is 4.73. The molecule has 0 aliphatic heterocycles. The smallest absolute Gasteiger partial charge is 0.0931 e. The summed E-state index contributed by atoms with van der Waals surface area (Å²) in [4.78, 5) is 3.79. The average Bonchev–Trinajstić information content (AvgIpc) is 2.74. The van der Waals surface area contributed by atoms with Crippen molar-refractivity contribution in [3.8, 4) is 0 Å². The zero-order chi connectivity index (χ0) is 13.4. The molecule has 1 aromatic rings. The minimum absolute atomic E-state index is 0.613. The molecule has 0 aromatic carbocycles. The molecule has 4 heteroatoms. The number of hydrogen-bond acceptors (Lipinski definition) is 3. The first-order valence-electron chi connectivity index (χ1n) is 6.82. The highest BCUT2D eigenvalue weighted by Crippen LogP contribution is 2.23. The lowest BCUT2D eigenvalue weighted by Crippen LogP contribution is -2.39. The quantitative estimate of drug-likeness (QED) is 0.691. The number of thiophene rings is 1. The van der Waals surface area contributed by atoms with Crippen molar-refractivity contribution in [3.63, 3.8) is 0 Å². The zero-order valence-electron chi connectivity index (χ0n) is 11.7. The summed E-state index contributed by atoms with van der Waals surface area (Å²) in [6.45, 7) is 7.65. The van der Waals surface area contributed by atoms with Crippen LogP contribution in [0.2, 0.25) is 4.34 Å². The molecule has 1 N–H and O–H groups in total. The number of likely N-dealkylation sites (N-methyl/N-ethyl adjacent to an activating group) is 1. The van der Waals surface area contributed by atoms with Crippen LogP contribution in [0.15, 0.2) is 12.1 Å². The number of rotatable bonds is 9. The van der Waals surface area contributed by atoms with Gasteiger partial charge in [-0.3, -0.25) is 4.90 Å². The normalized spacial score (nSPS) is 13.2. The summed E-state index contributed by atoms with van der Waals surface area (Å²) in [5.41, 5.74) is 0. The Hall–Kier alpha value is -0.0900. The van der Waals surface area contributed by atoms with Gasteiger partial charge in [-0.15, -0.1) is 11.3 Å². The van der Waals surface area contributed by atoms with E-state index in [1.165, 1.54) is 24.1 Å². The van der Waals surface area contributed by atoms with E-state index in [0.717, 1.165) is 24.0 Å². The van der Waals surface area contributed by atoms with Crippen LogP contribution < -0.4 is 5.32 Å². The van der Waals surface area contributed by atoms with Crippen molar-refractivity contribution in [2.24, 2.45) is 0 Å². The van der Waals surface area contributed by atoms with Gasteiger partial charge in [0.2, 0.25) is 0 Å². The molecule has 104 valence electrons. The third-order valence-electron chi connectivity index (χ3n) is 3.09. The maximum absolute atomic E-state index is 5.97. The molecule has 1 atom stereocenters. The minimum atomic E-state index is 0.613. The highest BCUT2D eigenvalue weighted by molar-refractivity contribution is 7.16. The molecular weight excluding hydrogens is 264 g/mol. The van der Waals surface area contributed by atoms with E-state index in [1.54, 1.807) is 11.3 Å². The molecule has 1 rings (SSSR count). The number of halogens is 1. The van der Waals surface area contributed by atoms with Crippen LogP contribution in [0.1, 0.15) is 38.0 Å². The van der Waals surface area contributed by atoms with Gasteiger partial charge in [-0.2, -0.15) is 0 Å². The molecule has 1 unspecified atom stereocenters. The fourth-order valence-corrected chi connectivity index (χ4v) is 3.22. The number of hydrogen-bond donors (Lipinski definition) is 1. The lowest BCUT2D eigenvalue weighted by molar-refractivity contribution is 0.216. The van der Waals surface area contributed by atoms with Crippen molar-refractivity contribution in [3.05, 3.63) is 21.3 Å². The van der Waals surface area contributed by atoms with Crippen LogP contribution in [0.5, 0.6) is 0 Å². The number of nitrogens with one attached hydrogen (secondary N) is 1. The molecule has 0 amide bonds. The van der Waals surface area contributed by atoms with Crippen LogP contribution in [0.3, 0.4) is 0 Å². The Morgan fingerprint density at radius 2 is 2.11 bits per heavy atom. The zero-order valence-corrected chi connectivity index (χ0v) is 13.3. The van der Waals surface area contributed by atoms with Crippen LogP contribution in [-0.4, -0.2) is 31.1 Å². The monoisotopic (exact) mass is 288 g/mol. The van der Waals surface area contributed by atoms with E-state index in [2.05, 4.69) is 37.2 Å². The summed E-state index contributed by atoms with van der Waals surface area (Å²) < 4.78 is 0.884. The lowest BCUT2D eigenvalue weighted by atomic mass is 10.1. The molecule has 0 radical (unpaired) electrons. The molecule has 0 saturated carbocycles. The van der Waals surface area contributed by atoms with Gasteiger partial charge in [0.15, 0.2) is 0 Å². The summed E-state index contributed by atoms with van der Waals surface area (Å²) in [7, 11) is 2.21. The fraction of sp³-hybridized carbons (Fsp3) is 0.714. The van der Waals surface area contributed by atoms with Crippen molar-refractivity contribution < 1.29 is 0 Å². The van der Waals surface area contributed by atoms with E-state index in [-0.39, 0.29) is 0 Å². The van der Waals surface area contributed by atoms with E-state index in [0.29, 0.717) is 6.04 Å². The Bertz CT molecular complexity index is 327. The maximum atomic E-state index is 5.97. The first-order valence-corrected chi connectivity index (χ1v) is 8.02. The van der Waals surface area contributed by atoms with Gasteiger partial charge in [-0.1, -0.05) is 31.9 Å². The predicted molar refractivity (Wildman–Crippen MR) is 82.7 cm³/mol. The Labute approximate surface area is 120 Å². The van der Waals surface area contributed by atoms with Gasteiger partial charge >= 0.3 is 0 Å². The molecule has 0 aliphatic rings. The second kappa shape index (κ2) is 8.92. The van der Waals surface area contributed by atoms with Crippen LogP contribution in [-0.2, 0) is 6.54 Å². The topological polar surface area (TPSA) is 15.3 Å². The lowest BCUT2D eigenvalue weighted by Gasteiger charge is -2.27. The highest BCUT2D eigenvalue weighted by atomic mass is 35.5. The van der Waals surface area contributed by atoms with Gasteiger partial charge in [0.1, 0.15) is 0 Å². The summed E-state index contributed by atoms with van der Waals surface area (Å²) in [5.74, 6) is 0. The molecule has 2 nitrogen and oxygen atoms in total. The SMILES string of the molecule is CCCNCC(CCC)N(C)Cc1ccc(Cl)s1. The first-order chi connectivity index (χ1) is 8.67. The van der Waals surface area contributed by atoms with Crippen LogP contribution in [0.25, 0.3) is 0 Å². The molecule has 0 saturated heterocycles. The Morgan fingerprint density at radius 3 is 2.67 bits per heavy atom.